The van der Waals surface area contributed by atoms with Crippen LogP contribution in [0.2, 0.25) is 0 Å². The zero-order chi connectivity index (χ0) is 9.68. The molecule has 5 nitrogen and oxygen atoms in total. The van der Waals surface area contributed by atoms with Gasteiger partial charge < -0.3 is 4.74 Å². The van der Waals surface area contributed by atoms with E-state index in [-0.39, 0.29) is 5.75 Å². The summed E-state index contributed by atoms with van der Waals surface area (Å²) in [4.78, 5) is 26.8. The van der Waals surface area contributed by atoms with Gasteiger partial charge in [-0.05, 0) is 22.0 Å². The molecule has 6 heteroatoms. The molecule has 13 heavy (non-hydrogen) atoms. The van der Waals surface area contributed by atoms with Crippen LogP contribution in [0.15, 0.2) is 27.9 Å². The third-order valence-corrected chi connectivity index (χ3v) is 1.46. The van der Waals surface area contributed by atoms with Crippen molar-refractivity contribution in [2.24, 2.45) is 4.99 Å². The molecule has 1 aromatic heterocycles. The minimum absolute atomic E-state index is 0.207. The topological polar surface area (TPSA) is 68.6 Å². The van der Waals surface area contributed by atoms with E-state index >= 15 is 0 Å². The number of aliphatic imine (C=N–C) groups is 1. The Morgan fingerprint density at radius 3 is 3.00 bits per heavy atom. The van der Waals surface area contributed by atoms with E-state index in [2.05, 4.69) is 30.6 Å². The van der Waals surface area contributed by atoms with E-state index in [1.54, 1.807) is 0 Å². The van der Waals surface area contributed by atoms with Gasteiger partial charge in [0.25, 0.3) is 0 Å². The number of rotatable bonds is 1. The van der Waals surface area contributed by atoms with Crippen molar-refractivity contribution < 1.29 is 14.3 Å². The lowest BCUT2D eigenvalue weighted by Crippen LogP contribution is -2.01. The van der Waals surface area contributed by atoms with E-state index in [0.29, 0.717) is 4.47 Å². The Hall–Kier alpha value is -1.52. The van der Waals surface area contributed by atoms with E-state index < -0.39 is 6.09 Å². The third kappa shape index (κ3) is 3.14. The summed E-state index contributed by atoms with van der Waals surface area (Å²) in [6.07, 6.45) is 2.90. The molecule has 0 aliphatic rings. The fourth-order valence-electron chi connectivity index (χ4n) is 0.609. The molecule has 66 valence electrons. The molecule has 0 unspecified atom stereocenters. The van der Waals surface area contributed by atoms with E-state index in [1.807, 2.05) is 0 Å². The number of carbonyl (C=O) groups is 1. The predicted molar refractivity (Wildman–Crippen MR) is 46.1 cm³/mol. The first kappa shape index (κ1) is 9.57. The predicted octanol–water partition coefficient (Wildman–Crippen LogP) is 1.68. The molecule has 0 aliphatic carbocycles. The molecule has 0 N–H and O–H groups in total. The largest absolute Gasteiger partial charge is 0.450 e. The number of nitrogens with zero attached hydrogens (tertiary/aromatic N) is 2. The van der Waals surface area contributed by atoms with Crippen molar-refractivity contribution in [1.29, 1.82) is 0 Å². The van der Waals surface area contributed by atoms with Crippen LogP contribution in [-0.4, -0.2) is 17.2 Å². The smallest absolute Gasteiger partial charge is 0.406 e. The number of ether oxygens (including phenoxy) is 1. The van der Waals surface area contributed by atoms with Crippen LogP contribution in [0, 0.1) is 0 Å². The van der Waals surface area contributed by atoms with Crippen LogP contribution in [0.3, 0.4) is 0 Å². The molecule has 0 bridgehead atoms. The summed E-state index contributed by atoms with van der Waals surface area (Å²) in [5, 5.41) is 0. The molecule has 1 heterocycles. The Morgan fingerprint density at radius 2 is 2.38 bits per heavy atom. The normalized spacial score (nSPS) is 8.69. The highest BCUT2D eigenvalue weighted by Gasteiger charge is 2.02. The fourth-order valence-corrected chi connectivity index (χ4v) is 0.953. The van der Waals surface area contributed by atoms with Gasteiger partial charge in [0.1, 0.15) is 0 Å². The third-order valence-electron chi connectivity index (χ3n) is 1.02. The van der Waals surface area contributed by atoms with Gasteiger partial charge >= 0.3 is 6.09 Å². The van der Waals surface area contributed by atoms with E-state index in [4.69, 9.17) is 0 Å². The van der Waals surface area contributed by atoms with Gasteiger partial charge in [-0.15, -0.1) is 0 Å². The van der Waals surface area contributed by atoms with Crippen LogP contribution in [0.4, 0.5) is 4.79 Å². The van der Waals surface area contributed by atoms with Gasteiger partial charge in [0.2, 0.25) is 6.08 Å². The molecule has 0 aliphatic heterocycles. The first-order valence-electron chi connectivity index (χ1n) is 3.12. The molecule has 0 saturated heterocycles. The zero-order valence-electron chi connectivity index (χ0n) is 6.23. The number of halogens is 1. The number of aromatic nitrogens is 1. The van der Waals surface area contributed by atoms with Crippen molar-refractivity contribution in [2.45, 2.75) is 0 Å². The highest BCUT2D eigenvalue weighted by molar-refractivity contribution is 9.10. The Bertz CT molecular complexity index is 374. The summed E-state index contributed by atoms with van der Waals surface area (Å²) < 4.78 is 5.24. The molecule has 0 fully saturated rings. The van der Waals surface area contributed by atoms with Crippen molar-refractivity contribution in [1.82, 2.24) is 4.98 Å². The second-order valence-corrected chi connectivity index (χ2v) is 2.83. The number of carbonyl (C=O) groups excluding carboxylic acids is 2. The highest BCUT2D eigenvalue weighted by Crippen LogP contribution is 2.15. The lowest BCUT2D eigenvalue weighted by atomic mass is 10.5. The van der Waals surface area contributed by atoms with E-state index in [9.17, 15) is 9.59 Å². The van der Waals surface area contributed by atoms with Crippen molar-refractivity contribution in [3.63, 3.8) is 0 Å². The SMILES string of the molecule is O=C=NC(=O)Oc1cncc(Br)c1. The summed E-state index contributed by atoms with van der Waals surface area (Å²) >= 11 is 3.13. The van der Waals surface area contributed by atoms with Gasteiger partial charge in [-0.1, -0.05) is 4.99 Å². The van der Waals surface area contributed by atoms with Crippen LogP contribution in [0.1, 0.15) is 0 Å². The van der Waals surface area contributed by atoms with Crippen molar-refractivity contribution in [2.75, 3.05) is 0 Å². The average Bonchev–Trinajstić information content (AvgIpc) is 2.04. The van der Waals surface area contributed by atoms with Gasteiger partial charge in [0, 0.05) is 10.7 Å². The number of hydrogen-bond donors (Lipinski definition) is 0. The summed E-state index contributed by atoms with van der Waals surface area (Å²) in [6.45, 7) is 0. The van der Waals surface area contributed by atoms with Crippen molar-refractivity contribution >= 4 is 28.1 Å². The maximum absolute atomic E-state index is 10.6. The number of pyridine rings is 1. The molecular weight excluding hydrogens is 240 g/mol. The van der Waals surface area contributed by atoms with Crippen LogP contribution in [-0.2, 0) is 4.79 Å². The highest BCUT2D eigenvalue weighted by atomic mass is 79.9. The molecule has 0 saturated carbocycles. The maximum Gasteiger partial charge on any atom is 0.450 e. The zero-order valence-corrected chi connectivity index (χ0v) is 7.82. The Kier molecular flexibility index (Phi) is 3.31. The van der Waals surface area contributed by atoms with Crippen molar-refractivity contribution in [3.05, 3.63) is 22.9 Å². The summed E-state index contributed by atoms with van der Waals surface area (Å²) in [6, 6.07) is 1.52. The summed E-state index contributed by atoms with van der Waals surface area (Å²) in [5.74, 6) is 0.207. The van der Waals surface area contributed by atoms with Crippen molar-refractivity contribution in [3.8, 4) is 5.75 Å². The lowest BCUT2D eigenvalue weighted by Gasteiger charge is -1.97. The average molecular weight is 243 g/mol. The Morgan fingerprint density at radius 1 is 1.62 bits per heavy atom. The lowest BCUT2D eigenvalue weighted by molar-refractivity contribution is 0.211. The van der Waals surface area contributed by atoms with Gasteiger partial charge in [0.05, 0.1) is 6.20 Å². The Labute approximate surface area is 81.6 Å². The molecule has 1 amide bonds. The summed E-state index contributed by atoms with van der Waals surface area (Å²) in [7, 11) is 0. The second kappa shape index (κ2) is 4.49. The van der Waals surface area contributed by atoms with Crippen LogP contribution in [0.25, 0.3) is 0 Å². The van der Waals surface area contributed by atoms with Crippen LogP contribution < -0.4 is 4.74 Å². The molecule has 0 atom stereocenters. The quantitative estimate of drug-likeness (QED) is 0.555. The molecule has 1 rings (SSSR count). The molecule has 0 spiro atoms. The molecule has 0 aromatic carbocycles. The first-order chi connectivity index (χ1) is 6.22. The molecule has 1 aromatic rings. The fraction of sp³-hybridized carbons (Fsp3) is 0. The van der Waals surface area contributed by atoms with Crippen LogP contribution >= 0.6 is 15.9 Å². The molecular formula is C7H3BrN2O3. The van der Waals surface area contributed by atoms with E-state index in [0.717, 1.165) is 6.08 Å². The summed E-state index contributed by atoms with van der Waals surface area (Å²) in [5.41, 5.74) is 0. The van der Waals surface area contributed by atoms with Crippen LogP contribution in [0.5, 0.6) is 5.75 Å². The number of isocyanates is 1. The second-order valence-electron chi connectivity index (χ2n) is 1.91. The van der Waals surface area contributed by atoms with E-state index in [1.165, 1.54) is 18.5 Å². The van der Waals surface area contributed by atoms with Gasteiger partial charge in [-0.2, -0.15) is 0 Å². The Balaban J connectivity index is 2.74. The minimum Gasteiger partial charge on any atom is -0.406 e. The number of hydrogen-bond acceptors (Lipinski definition) is 4. The molecule has 0 radical (unpaired) electrons. The maximum atomic E-state index is 10.6. The number of amides is 1. The van der Waals surface area contributed by atoms with Gasteiger partial charge in [0.15, 0.2) is 5.75 Å². The monoisotopic (exact) mass is 242 g/mol. The standard InChI is InChI=1S/C7H3BrN2O3/c8-5-1-6(3-9-2-5)13-7(12)10-4-11/h1-3H. The van der Waals surface area contributed by atoms with Gasteiger partial charge in [-0.3, -0.25) is 4.98 Å². The van der Waals surface area contributed by atoms with Gasteiger partial charge in [-0.25, -0.2) is 9.59 Å². The minimum atomic E-state index is -1.02. The first-order valence-corrected chi connectivity index (χ1v) is 3.92.